The van der Waals surface area contributed by atoms with Gasteiger partial charge >= 0.3 is 0 Å². The number of carbonyl (C=O) groups excluding carboxylic acids is 2. The van der Waals surface area contributed by atoms with Crippen molar-refractivity contribution in [3.63, 3.8) is 0 Å². The number of hydrogen-bond acceptors (Lipinski definition) is 7. The number of hydrogen-bond donors (Lipinski definition) is 2. The Labute approximate surface area is 165 Å². The summed E-state index contributed by atoms with van der Waals surface area (Å²) < 4.78 is 1.68. The molecular formula is C17H22N4O2S3. The van der Waals surface area contributed by atoms with Gasteiger partial charge in [0.05, 0.1) is 12.3 Å². The minimum atomic E-state index is -0.238. The molecule has 26 heavy (non-hydrogen) atoms. The number of benzene rings is 1. The third kappa shape index (κ3) is 6.97. The average Bonchev–Trinajstić information content (AvgIpc) is 3.11. The first-order valence-electron chi connectivity index (χ1n) is 8.36. The third-order valence-corrected chi connectivity index (χ3v) is 6.66. The zero-order chi connectivity index (χ0) is 18.8. The van der Waals surface area contributed by atoms with Crippen molar-refractivity contribution in [2.75, 3.05) is 23.4 Å². The summed E-state index contributed by atoms with van der Waals surface area (Å²) in [5, 5.41) is 13.6. The van der Waals surface area contributed by atoms with Crippen LogP contribution in [0.4, 0.5) is 5.69 Å². The van der Waals surface area contributed by atoms with E-state index < -0.39 is 0 Å². The van der Waals surface area contributed by atoms with E-state index in [0.717, 1.165) is 38.5 Å². The summed E-state index contributed by atoms with van der Waals surface area (Å²) in [5.74, 6) is 0.785. The van der Waals surface area contributed by atoms with Gasteiger partial charge in [-0.3, -0.25) is 9.59 Å². The van der Waals surface area contributed by atoms with E-state index in [2.05, 4.69) is 27.8 Å². The molecule has 0 saturated carbocycles. The van der Waals surface area contributed by atoms with Crippen LogP contribution in [0, 0.1) is 0 Å². The average molecular weight is 411 g/mol. The zero-order valence-electron chi connectivity index (χ0n) is 14.8. The van der Waals surface area contributed by atoms with Crippen LogP contribution >= 0.6 is 34.9 Å². The number of nitrogens with zero attached hydrogens (tertiary/aromatic N) is 2. The van der Waals surface area contributed by atoms with Crippen molar-refractivity contribution in [3.8, 4) is 0 Å². The van der Waals surface area contributed by atoms with E-state index in [9.17, 15) is 9.59 Å². The Bertz CT molecular complexity index is 736. The molecule has 0 aliphatic heterocycles. The van der Waals surface area contributed by atoms with Crippen LogP contribution < -0.4 is 10.6 Å². The van der Waals surface area contributed by atoms with Gasteiger partial charge in [0.15, 0.2) is 8.68 Å². The van der Waals surface area contributed by atoms with E-state index in [1.165, 1.54) is 23.1 Å². The molecule has 2 N–H and O–H groups in total. The first kappa shape index (κ1) is 20.7. The lowest BCUT2D eigenvalue weighted by molar-refractivity contribution is -0.122. The van der Waals surface area contributed by atoms with Crippen LogP contribution in [-0.4, -0.2) is 40.1 Å². The first-order chi connectivity index (χ1) is 12.6. The number of rotatable bonds is 10. The number of thioether (sulfide) groups is 2. The quantitative estimate of drug-likeness (QED) is 0.584. The molecule has 0 aliphatic rings. The Kier molecular flexibility index (Phi) is 8.93. The molecule has 6 nitrogen and oxygen atoms in total. The van der Waals surface area contributed by atoms with Crippen molar-refractivity contribution in [1.82, 2.24) is 15.5 Å². The molecule has 1 aromatic heterocycles. The van der Waals surface area contributed by atoms with Crippen molar-refractivity contribution >= 4 is 52.4 Å². The Hall–Kier alpha value is -1.58. The van der Waals surface area contributed by atoms with Crippen molar-refractivity contribution in [1.29, 1.82) is 0 Å². The molecule has 0 aliphatic carbocycles. The zero-order valence-corrected chi connectivity index (χ0v) is 17.2. The number of amides is 2. The molecule has 2 aromatic rings. The second-order valence-corrected chi connectivity index (χ2v) is 8.85. The van der Waals surface area contributed by atoms with E-state index >= 15 is 0 Å². The van der Waals surface area contributed by atoms with E-state index in [-0.39, 0.29) is 24.1 Å². The predicted molar refractivity (Wildman–Crippen MR) is 109 cm³/mol. The molecule has 0 radical (unpaired) electrons. The highest BCUT2D eigenvalue weighted by molar-refractivity contribution is 8.03. The van der Waals surface area contributed by atoms with Crippen molar-refractivity contribution in [3.05, 3.63) is 29.8 Å². The maximum Gasteiger partial charge on any atom is 0.243 e. The Morgan fingerprint density at radius 2 is 1.81 bits per heavy atom. The number of nitrogens with one attached hydrogen (secondary N) is 2. The fourth-order valence-corrected chi connectivity index (χ4v) is 4.78. The van der Waals surface area contributed by atoms with Gasteiger partial charge in [0.25, 0.3) is 0 Å². The second kappa shape index (κ2) is 11.2. The van der Waals surface area contributed by atoms with E-state index in [1.807, 2.05) is 31.2 Å². The Morgan fingerprint density at radius 1 is 1.08 bits per heavy atom. The summed E-state index contributed by atoms with van der Waals surface area (Å²) in [6, 6.07) is 7.64. The molecule has 0 spiro atoms. The van der Waals surface area contributed by atoms with Crippen LogP contribution in [0.2, 0.25) is 0 Å². The molecule has 0 saturated heterocycles. The van der Waals surface area contributed by atoms with Gasteiger partial charge in [-0.15, -0.1) is 10.2 Å². The van der Waals surface area contributed by atoms with Gasteiger partial charge in [0.2, 0.25) is 11.8 Å². The lowest BCUT2D eigenvalue weighted by atomic mass is 10.1. The fourth-order valence-electron chi connectivity index (χ4n) is 2.01. The van der Waals surface area contributed by atoms with Gasteiger partial charge in [-0.1, -0.05) is 66.9 Å². The van der Waals surface area contributed by atoms with Gasteiger partial charge in [-0.05, 0) is 24.5 Å². The third-order valence-electron chi connectivity index (χ3n) is 3.26. The monoisotopic (exact) mass is 410 g/mol. The topological polar surface area (TPSA) is 84.0 Å². The van der Waals surface area contributed by atoms with Crippen LogP contribution in [-0.2, 0) is 16.0 Å². The summed E-state index contributed by atoms with van der Waals surface area (Å²) >= 11 is 4.49. The van der Waals surface area contributed by atoms with Crippen LogP contribution in [0.3, 0.4) is 0 Å². The van der Waals surface area contributed by atoms with Gasteiger partial charge in [-0.2, -0.15) is 0 Å². The van der Waals surface area contributed by atoms with Crippen molar-refractivity contribution in [2.24, 2.45) is 0 Å². The molecule has 0 bridgehead atoms. The van der Waals surface area contributed by atoms with Crippen LogP contribution in [0.15, 0.2) is 32.9 Å². The predicted octanol–water partition coefficient (Wildman–Crippen LogP) is 3.45. The minimum absolute atomic E-state index is 0.0504. The van der Waals surface area contributed by atoms with Gasteiger partial charge < -0.3 is 10.6 Å². The fraction of sp³-hybridized carbons (Fsp3) is 0.412. The van der Waals surface area contributed by atoms with Gasteiger partial charge in [-0.25, -0.2) is 0 Å². The SMILES string of the molecule is CCCSc1nnc(SCC(=O)NCC(=O)Nc2ccccc2CC)s1. The highest BCUT2D eigenvalue weighted by Gasteiger charge is 2.10. The summed E-state index contributed by atoms with van der Waals surface area (Å²) in [6.07, 6.45) is 1.92. The highest BCUT2D eigenvalue weighted by Crippen LogP contribution is 2.28. The standard InChI is InChI=1S/C17H22N4O2S3/c1-3-9-24-16-20-21-17(26-16)25-11-15(23)18-10-14(22)19-13-8-6-5-7-12(13)4-2/h5-8H,3-4,9-11H2,1-2H3,(H,18,23)(H,19,22). The van der Waals surface area contributed by atoms with E-state index in [1.54, 1.807) is 11.8 Å². The Morgan fingerprint density at radius 3 is 2.54 bits per heavy atom. The van der Waals surface area contributed by atoms with Crippen LogP contribution in [0.5, 0.6) is 0 Å². The van der Waals surface area contributed by atoms with E-state index in [0.29, 0.717) is 0 Å². The van der Waals surface area contributed by atoms with Gasteiger partial charge in [0, 0.05) is 11.4 Å². The molecule has 1 heterocycles. The van der Waals surface area contributed by atoms with Crippen LogP contribution in [0.25, 0.3) is 0 Å². The normalized spacial score (nSPS) is 10.5. The maximum absolute atomic E-state index is 12.0. The molecule has 0 fully saturated rings. The molecular weight excluding hydrogens is 388 g/mol. The van der Waals surface area contributed by atoms with E-state index in [4.69, 9.17) is 0 Å². The van der Waals surface area contributed by atoms with Crippen molar-refractivity contribution in [2.45, 2.75) is 35.4 Å². The number of carbonyl (C=O) groups is 2. The number of para-hydroxylation sites is 1. The minimum Gasteiger partial charge on any atom is -0.346 e. The number of anilines is 1. The molecule has 1 aromatic carbocycles. The van der Waals surface area contributed by atoms with Crippen molar-refractivity contribution < 1.29 is 9.59 Å². The number of aromatic nitrogens is 2. The largest absolute Gasteiger partial charge is 0.346 e. The molecule has 2 rings (SSSR count). The summed E-state index contributed by atoms with van der Waals surface area (Å²) in [4.78, 5) is 23.9. The number of aryl methyl sites for hydroxylation is 1. The molecule has 9 heteroatoms. The molecule has 0 atom stereocenters. The summed E-state index contributed by atoms with van der Waals surface area (Å²) in [7, 11) is 0. The highest BCUT2D eigenvalue weighted by atomic mass is 32.2. The second-order valence-electron chi connectivity index (χ2n) is 5.31. The summed E-state index contributed by atoms with van der Waals surface area (Å²) in [5.41, 5.74) is 1.85. The molecule has 140 valence electrons. The van der Waals surface area contributed by atoms with Gasteiger partial charge in [0.1, 0.15) is 0 Å². The lowest BCUT2D eigenvalue weighted by Gasteiger charge is -2.10. The summed E-state index contributed by atoms with van der Waals surface area (Å²) in [6.45, 7) is 4.10. The molecule has 2 amide bonds. The first-order valence-corrected chi connectivity index (χ1v) is 11.1. The maximum atomic E-state index is 12.0. The lowest BCUT2D eigenvalue weighted by Crippen LogP contribution is -2.34. The smallest absolute Gasteiger partial charge is 0.243 e. The molecule has 0 unspecified atom stereocenters. The van der Waals surface area contributed by atoms with Crippen LogP contribution in [0.1, 0.15) is 25.8 Å². The Balaban J connectivity index is 1.71.